The van der Waals surface area contributed by atoms with Crippen molar-refractivity contribution in [3.63, 3.8) is 0 Å². The Kier molecular flexibility index (Phi) is 6.04. The van der Waals surface area contributed by atoms with Crippen LogP contribution in [0, 0.1) is 0 Å². The van der Waals surface area contributed by atoms with Crippen molar-refractivity contribution in [2.45, 2.75) is 6.54 Å². The van der Waals surface area contributed by atoms with Crippen LogP contribution in [0.5, 0.6) is 11.5 Å². The molecule has 0 spiro atoms. The number of urea groups is 1. The highest BCUT2D eigenvalue weighted by Gasteiger charge is 2.33. The fourth-order valence-corrected chi connectivity index (χ4v) is 2.81. The fraction of sp³-hybridized carbons (Fsp3) is 0.150. The SMILES string of the molecule is COc1cc(/C=C2\NC(=O)N(Cc3ccc(Cl)cc3)C2=O)ccc1OCC(=O)O. The van der Waals surface area contributed by atoms with Gasteiger partial charge in [0.05, 0.1) is 13.7 Å². The van der Waals surface area contributed by atoms with E-state index in [4.69, 9.17) is 26.2 Å². The molecule has 1 saturated heterocycles. The third kappa shape index (κ3) is 4.85. The zero-order valence-electron chi connectivity index (χ0n) is 15.3. The van der Waals surface area contributed by atoms with E-state index in [9.17, 15) is 14.4 Å². The summed E-state index contributed by atoms with van der Waals surface area (Å²) < 4.78 is 10.3. The molecule has 150 valence electrons. The van der Waals surface area contributed by atoms with Gasteiger partial charge in [-0.25, -0.2) is 9.59 Å². The zero-order valence-corrected chi connectivity index (χ0v) is 16.1. The lowest BCUT2D eigenvalue weighted by molar-refractivity contribution is -0.139. The van der Waals surface area contributed by atoms with E-state index < -0.39 is 24.5 Å². The summed E-state index contributed by atoms with van der Waals surface area (Å²) in [4.78, 5) is 36.6. The second-order valence-corrected chi connectivity index (χ2v) is 6.54. The van der Waals surface area contributed by atoms with E-state index in [0.29, 0.717) is 16.3 Å². The molecule has 2 aromatic rings. The summed E-state index contributed by atoms with van der Waals surface area (Å²) in [5, 5.41) is 11.8. The third-order valence-corrected chi connectivity index (χ3v) is 4.32. The van der Waals surface area contributed by atoms with Crippen LogP contribution in [0.15, 0.2) is 48.2 Å². The van der Waals surface area contributed by atoms with Gasteiger partial charge in [-0.1, -0.05) is 29.8 Å². The number of carbonyl (C=O) groups excluding carboxylic acids is 2. The summed E-state index contributed by atoms with van der Waals surface area (Å²) in [6.07, 6.45) is 1.51. The van der Waals surface area contributed by atoms with Crippen molar-refractivity contribution in [3.8, 4) is 11.5 Å². The molecule has 2 aromatic carbocycles. The Labute approximate surface area is 171 Å². The van der Waals surface area contributed by atoms with E-state index in [2.05, 4.69) is 5.32 Å². The van der Waals surface area contributed by atoms with Crippen molar-refractivity contribution >= 4 is 35.6 Å². The van der Waals surface area contributed by atoms with Crippen LogP contribution in [0.1, 0.15) is 11.1 Å². The van der Waals surface area contributed by atoms with Crippen LogP contribution in [0.25, 0.3) is 6.08 Å². The summed E-state index contributed by atoms with van der Waals surface area (Å²) in [6, 6.07) is 11.1. The molecular formula is C20H17ClN2O6. The quantitative estimate of drug-likeness (QED) is 0.531. The number of nitrogens with one attached hydrogen (secondary N) is 1. The molecule has 0 bridgehead atoms. The van der Waals surface area contributed by atoms with Crippen molar-refractivity contribution < 1.29 is 29.0 Å². The lowest BCUT2D eigenvalue weighted by Crippen LogP contribution is -2.30. The fourth-order valence-electron chi connectivity index (χ4n) is 2.69. The molecule has 1 fully saturated rings. The summed E-state index contributed by atoms with van der Waals surface area (Å²) in [5.41, 5.74) is 1.45. The van der Waals surface area contributed by atoms with Gasteiger partial charge in [-0.2, -0.15) is 0 Å². The largest absolute Gasteiger partial charge is 0.493 e. The van der Waals surface area contributed by atoms with Crippen molar-refractivity contribution in [2.75, 3.05) is 13.7 Å². The van der Waals surface area contributed by atoms with E-state index >= 15 is 0 Å². The maximum Gasteiger partial charge on any atom is 0.341 e. The topological polar surface area (TPSA) is 105 Å². The van der Waals surface area contributed by atoms with Crippen LogP contribution >= 0.6 is 11.6 Å². The molecule has 0 radical (unpaired) electrons. The van der Waals surface area contributed by atoms with E-state index in [0.717, 1.165) is 10.5 Å². The number of rotatable bonds is 7. The van der Waals surface area contributed by atoms with Crippen molar-refractivity contribution in [3.05, 3.63) is 64.3 Å². The van der Waals surface area contributed by atoms with E-state index in [-0.39, 0.29) is 18.0 Å². The smallest absolute Gasteiger partial charge is 0.341 e. The van der Waals surface area contributed by atoms with Gasteiger partial charge in [0.2, 0.25) is 0 Å². The minimum atomic E-state index is -1.11. The number of carbonyl (C=O) groups is 3. The first-order valence-corrected chi connectivity index (χ1v) is 8.87. The summed E-state index contributed by atoms with van der Waals surface area (Å²) in [5.74, 6) is -1.02. The number of hydrogen-bond acceptors (Lipinski definition) is 5. The van der Waals surface area contributed by atoms with Gasteiger partial charge < -0.3 is 19.9 Å². The molecule has 0 saturated carbocycles. The number of halogens is 1. The number of imide groups is 1. The molecule has 0 unspecified atom stereocenters. The summed E-state index contributed by atoms with van der Waals surface area (Å²) in [6.45, 7) is -0.393. The average molecular weight is 417 g/mol. The second-order valence-electron chi connectivity index (χ2n) is 6.10. The first-order valence-electron chi connectivity index (χ1n) is 8.49. The standard InChI is InChI=1S/C20H17ClN2O6/c1-28-17-9-13(4-7-16(17)29-11-18(24)25)8-15-19(26)23(20(27)22-15)10-12-2-5-14(21)6-3-12/h2-9H,10-11H2,1H3,(H,22,27)(H,24,25)/b15-8-. The number of methoxy groups -OCH3 is 1. The van der Waals surface area contributed by atoms with Gasteiger partial charge in [0.15, 0.2) is 18.1 Å². The van der Waals surface area contributed by atoms with Crippen molar-refractivity contribution in [1.29, 1.82) is 0 Å². The minimum Gasteiger partial charge on any atom is -0.493 e. The zero-order chi connectivity index (χ0) is 21.0. The van der Waals surface area contributed by atoms with Gasteiger partial charge in [-0.05, 0) is 41.5 Å². The maximum absolute atomic E-state index is 12.6. The molecule has 0 aliphatic carbocycles. The number of carboxylic acid groups (broad SMARTS) is 1. The Morgan fingerprint density at radius 1 is 1.17 bits per heavy atom. The number of nitrogens with zero attached hydrogens (tertiary/aromatic N) is 1. The van der Waals surface area contributed by atoms with Crippen LogP contribution in [-0.2, 0) is 16.1 Å². The number of ether oxygens (including phenoxy) is 2. The third-order valence-electron chi connectivity index (χ3n) is 4.07. The van der Waals surface area contributed by atoms with Gasteiger partial charge >= 0.3 is 12.0 Å². The van der Waals surface area contributed by atoms with Crippen LogP contribution < -0.4 is 14.8 Å². The van der Waals surface area contributed by atoms with Gasteiger partial charge in [0, 0.05) is 5.02 Å². The second kappa shape index (κ2) is 8.66. The average Bonchev–Trinajstić information content (AvgIpc) is 2.95. The molecular weight excluding hydrogens is 400 g/mol. The Balaban J connectivity index is 1.78. The van der Waals surface area contributed by atoms with Crippen molar-refractivity contribution in [1.82, 2.24) is 10.2 Å². The molecule has 2 N–H and O–H groups in total. The van der Waals surface area contributed by atoms with Crippen LogP contribution in [-0.4, -0.2) is 41.6 Å². The molecule has 29 heavy (non-hydrogen) atoms. The van der Waals surface area contributed by atoms with Crippen LogP contribution in [0.2, 0.25) is 5.02 Å². The highest BCUT2D eigenvalue weighted by molar-refractivity contribution is 6.30. The lowest BCUT2D eigenvalue weighted by atomic mass is 10.1. The Morgan fingerprint density at radius 2 is 1.90 bits per heavy atom. The Morgan fingerprint density at radius 3 is 2.55 bits per heavy atom. The predicted molar refractivity (Wildman–Crippen MR) is 105 cm³/mol. The molecule has 3 amide bonds. The highest BCUT2D eigenvalue weighted by Crippen LogP contribution is 2.29. The number of hydrogen-bond donors (Lipinski definition) is 2. The summed E-state index contributed by atoms with van der Waals surface area (Å²) >= 11 is 5.85. The highest BCUT2D eigenvalue weighted by atomic mass is 35.5. The van der Waals surface area contributed by atoms with Gasteiger partial charge in [-0.15, -0.1) is 0 Å². The van der Waals surface area contributed by atoms with Crippen LogP contribution in [0.3, 0.4) is 0 Å². The van der Waals surface area contributed by atoms with E-state index in [1.165, 1.54) is 19.3 Å². The monoisotopic (exact) mass is 416 g/mol. The predicted octanol–water partition coefficient (Wildman–Crippen LogP) is 2.90. The van der Waals surface area contributed by atoms with Gasteiger partial charge in [-0.3, -0.25) is 9.69 Å². The Hall–Kier alpha value is -3.52. The van der Waals surface area contributed by atoms with E-state index in [1.54, 1.807) is 36.4 Å². The van der Waals surface area contributed by atoms with Crippen molar-refractivity contribution in [2.24, 2.45) is 0 Å². The number of benzene rings is 2. The Bertz CT molecular complexity index is 987. The molecule has 0 aromatic heterocycles. The molecule has 1 aliphatic heterocycles. The minimum absolute atomic E-state index is 0.116. The molecule has 9 heteroatoms. The number of carboxylic acids is 1. The summed E-state index contributed by atoms with van der Waals surface area (Å²) in [7, 11) is 1.41. The first kappa shape index (κ1) is 20.2. The normalized spacial score (nSPS) is 14.8. The van der Waals surface area contributed by atoms with E-state index in [1.807, 2.05) is 0 Å². The molecule has 0 atom stereocenters. The van der Waals surface area contributed by atoms with Gasteiger partial charge in [0.1, 0.15) is 5.70 Å². The number of amides is 3. The number of aliphatic carboxylic acids is 1. The van der Waals surface area contributed by atoms with Gasteiger partial charge in [0.25, 0.3) is 5.91 Å². The van der Waals surface area contributed by atoms with Crippen LogP contribution in [0.4, 0.5) is 4.79 Å². The molecule has 8 nitrogen and oxygen atoms in total. The first-order chi connectivity index (χ1) is 13.9. The molecule has 1 heterocycles. The lowest BCUT2D eigenvalue weighted by Gasteiger charge is -2.11. The maximum atomic E-state index is 12.6. The molecule has 1 aliphatic rings. The molecule has 3 rings (SSSR count).